The Bertz CT molecular complexity index is 1110. The zero-order chi connectivity index (χ0) is 21.4. The van der Waals surface area contributed by atoms with Crippen molar-refractivity contribution < 1.29 is 25.8 Å². The molecule has 0 fully saturated rings. The molecule has 0 N–H and O–H groups in total. The lowest BCUT2D eigenvalue weighted by Crippen LogP contribution is -2.11. The molecule has 0 aliphatic rings. The van der Waals surface area contributed by atoms with Crippen LogP contribution in [0.2, 0.25) is 0 Å². The van der Waals surface area contributed by atoms with Gasteiger partial charge >= 0.3 is 16.3 Å². The lowest BCUT2D eigenvalue weighted by atomic mass is 9.94. The van der Waals surface area contributed by atoms with Crippen molar-refractivity contribution in [2.75, 3.05) is 0 Å². The molecule has 0 saturated heterocycles. The molecule has 3 nitrogen and oxygen atoms in total. The fourth-order valence-corrected chi connectivity index (χ4v) is 4.23. The molecule has 0 aliphatic heterocycles. The van der Waals surface area contributed by atoms with Crippen molar-refractivity contribution in [3.63, 3.8) is 0 Å². The zero-order valence-electron chi connectivity index (χ0n) is 16.0. The standard InChI is InChI=1S/C22H19F3O3S/c1-14-12-15(2)21(16(3)13-14)17-4-8-19(9-5-17)28-29(26,27)20-10-6-18(7-11-20)22(23,24)25/h4-13H,1-3H3. The molecule has 0 aliphatic carbocycles. The second kappa shape index (κ2) is 7.55. The molecule has 0 bridgehead atoms. The molecule has 0 unspecified atom stereocenters. The van der Waals surface area contributed by atoms with Crippen molar-refractivity contribution in [2.45, 2.75) is 31.8 Å². The molecule has 152 valence electrons. The summed E-state index contributed by atoms with van der Waals surface area (Å²) < 4.78 is 67.7. The van der Waals surface area contributed by atoms with Gasteiger partial charge < -0.3 is 4.18 Å². The number of hydrogen-bond acceptors (Lipinski definition) is 3. The van der Waals surface area contributed by atoms with Gasteiger partial charge in [-0.05, 0) is 79.4 Å². The average Bonchev–Trinajstić information content (AvgIpc) is 2.61. The Morgan fingerprint density at radius 2 is 1.31 bits per heavy atom. The van der Waals surface area contributed by atoms with Gasteiger partial charge in [0.2, 0.25) is 0 Å². The fraction of sp³-hybridized carbons (Fsp3) is 0.182. The summed E-state index contributed by atoms with van der Waals surface area (Å²) in [5.41, 5.74) is 4.42. The van der Waals surface area contributed by atoms with Crippen molar-refractivity contribution in [3.05, 3.63) is 82.9 Å². The molecule has 3 rings (SSSR count). The first-order valence-electron chi connectivity index (χ1n) is 8.77. The molecule has 0 saturated carbocycles. The van der Waals surface area contributed by atoms with E-state index in [2.05, 4.69) is 12.1 Å². The van der Waals surface area contributed by atoms with Crippen LogP contribution in [-0.2, 0) is 16.3 Å². The zero-order valence-corrected chi connectivity index (χ0v) is 16.9. The number of hydrogen-bond donors (Lipinski definition) is 0. The van der Waals surface area contributed by atoms with Gasteiger partial charge in [-0.25, -0.2) is 0 Å². The van der Waals surface area contributed by atoms with Crippen LogP contribution in [0.25, 0.3) is 11.1 Å². The molecule has 7 heteroatoms. The second-order valence-electron chi connectivity index (χ2n) is 6.86. The monoisotopic (exact) mass is 420 g/mol. The molecular formula is C22H19F3O3S. The maximum atomic E-state index is 12.6. The minimum Gasteiger partial charge on any atom is -0.379 e. The minimum absolute atomic E-state index is 0.0797. The maximum Gasteiger partial charge on any atom is 0.416 e. The summed E-state index contributed by atoms with van der Waals surface area (Å²) in [5, 5.41) is 0. The van der Waals surface area contributed by atoms with Crippen LogP contribution in [0.3, 0.4) is 0 Å². The van der Waals surface area contributed by atoms with Crippen molar-refractivity contribution in [1.29, 1.82) is 0 Å². The van der Waals surface area contributed by atoms with Crippen LogP contribution in [0.15, 0.2) is 65.6 Å². The van der Waals surface area contributed by atoms with Gasteiger partial charge in [-0.2, -0.15) is 21.6 Å². The Morgan fingerprint density at radius 1 is 0.793 bits per heavy atom. The van der Waals surface area contributed by atoms with Crippen molar-refractivity contribution in [2.24, 2.45) is 0 Å². The largest absolute Gasteiger partial charge is 0.416 e. The third-order valence-corrected chi connectivity index (χ3v) is 5.76. The van der Waals surface area contributed by atoms with E-state index in [1.807, 2.05) is 20.8 Å². The van der Waals surface area contributed by atoms with Gasteiger partial charge in [-0.3, -0.25) is 0 Å². The molecule has 0 heterocycles. The Morgan fingerprint density at radius 3 is 1.79 bits per heavy atom. The number of benzene rings is 3. The van der Waals surface area contributed by atoms with E-state index >= 15 is 0 Å². The van der Waals surface area contributed by atoms with Crippen molar-refractivity contribution in [3.8, 4) is 16.9 Å². The SMILES string of the molecule is Cc1cc(C)c(-c2ccc(OS(=O)(=O)c3ccc(C(F)(F)F)cc3)cc2)c(C)c1. The molecule has 0 aromatic heterocycles. The Kier molecular flexibility index (Phi) is 5.45. The highest BCUT2D eigenvalue weighted by atomic mass is 32.2. The quantitative estimate of drug-likeness (QED) is 0.482. The highest BCUT2D eigenvalue weighted by molar-refractivity contribution is 7.87. The van der Waals surface area contributed by atoms with Crippen molar-refractivity contribution in [1.82, 2.24) is 0 Å². The van der Waals surface area contributed by atoms with Crippen molar-refractivity contribution >= 4 is 10.1 Å². The van der Waals surface area contributed by atoms with E-state index in [0.29, 0.717) is 12.1 Å². The summed E-state index contributed by atoms with van der Waals surface area (Å²) in [4.78, 5) is -0.347. The first-order chi connectivity index (χ1) is 13.5. The molecule has 0 radical (unpaired) electrons. The Balaban J connectivity index is 1.84. The van der Waals surface area contributed by atoms with Crippen LogP contribution in [0, 0.1) is 20.8 Å². The number of alkyl halides is 3. The lowest BCUT2D eigenvalue weighted by molar-refractivity contribution is -0.137. The van der Waals surface area contributed by atoms with E-state index < -0.39 is 21.9 Å². The maximum absolute atomic E-state index is 12.6. The summed E-state index contributed by atoms with van der Waals surface area (Å²) in [6.07, 6.45) is -4.54. The highest BCUT2D eigenvalue weighted by Gasteiger charge is 2.30. The van der Waals surface area contributed by atoms with E-state index in [1.165, 1.54) is 12.1 Å². The summed E-state index contributed by atoms with van der Waals surface area (Å²) in [7, 11) is -4.24. The normalized spacial score (nSPS) is 12.1. The van der Waals surface area contributed by atoms with Gasteiger partial charge in [0, 0.05) is 0 Å². The molecule has 0 amide bonds. The van der Waals surface area contributed by atoms with Gasteiger partial charge in [0.05, 0.1) is 5.56 Å². The van der Waals surface area contributed by atoms with E-state index in [0.717, 1.165) is 39.9 Å². The van der Waals surface area contributed by atoms with Crippen LogP contribution in [0.5, 0.6) is 5.75 Å². The smallest absolute Gasteiger partial charge is 0.379 e. The van der Waals surface area contributed by atoms with Gasteiger partial charge in [0.1, 0.15) is 10.6 Å². The third-order valence-electron chi connectivity index (χ3n) is 4.50. The number of rotatable bonds is 4. The van der Waals surface area contributed by atoms with E-state index in [-0.39, 0.29) is 10.6 Å². The topological polar surface area (TPSA) is 43.4 Å². The summed E-state index contributed by atoms with van der Waals surface area (Å²) in [6.45, 7) is 6.04. The predicted molar refractivity (Wildman–Crippen MR) is 105 cm³/mol. The molecule has 3 aromatic carbocycles. The lowest BCUT2D eigenvalue weighted by Gasteiger charge is -2.13. The molecular weight excluding hydrogens is 401 g/mol. The highest BCUT2D eigenvalue weighted by Crippen LogP contribution is 2.32. The van der Waals surface area contributed by atoms with Gasteiger partial charge in [-0.1, -0.05) is 29.8 Å². The van der Waals surface area contributed by atoms with Gasteiger partial charge in [0.15, 0.2) is 0 Å². The van der Waals surface area contributed by atoms with Crippen LogP contribution >= 0.6 is 0 Å². The first kappa shape index (κ1) is 20.9. The molecule has 3 aromatic rings. The average molecular weight is 420 g/mol. The van der Waals surface area contributed by atoms with E-state index in [4.69, 9.17) is 4.18 Å². The molecule has 0 spiro atoms. The first-order valence-corrected chi connectivity index (χ1v) is 10.2. The Hall–Kier alpha value is -2.80. The number of halogens is 3. The minimum atomic E-state index is -4.54. The fourth-order valence-electron chi connectivity index (χ4n) is 3.30. The summed E-state index contributed by atoms with van der Waals surface area (Å²) >= 11 is 0. The predicted octanol–water partition coefficient (Wildman–Crippen LogP) is 6.07. The molecule has 0 atom stereocenters. The van der Waals surface area contributed by atoms with E-state index in [9.17, 15) is 21.6 Å². The van der Waals surface area contributed by atoms with Gasteiger partial charge in [0.25, 0.3) is 0 Å². The summed E-state index contributed by atoms with van der Waals surface area (Å²) in [6, 6.07) is 13.9. The molecule has 29 heavy (non-hydrogen) atoms. The van der Waals surface area contributed by atoms with Crippen LogP contribution in [0.4, 0.5) is 13.2 Å². The van der Waals surface area contributed by atoms with Gasteiger partial charge in [-0.15, -0.1) is 0 Å². The van der Waals surface area contributed by atoms with Crippen LogP contribution in [-0.4, -0.2) is 8.42 Å². The summed E-state index contributed by atoms with van der Waals surface area (Å²) in [5.74, 6) is 0.0797. The second-order valence-corrected chi connectivity index (χ2v) is 8.40. The van der Waals surface area contributed by atoms with Crippen LogP contribution < -0.4 is 4.18 Å². The third kappa shape index (κ3) is 4.62. The number of aryl methyl sites for hydroxylation is 3. The van der Waals surface area contributed by atoms with E-state index in [1.54, 1.807) is 12.1 Å². The Labute approximate surface area is 167 Å². The van der Waals surface area contributed by atoms with Crippen LogP contribution in [0.1, 0.15) is 22.3 Å².